The average Bonchev–Trinajstić information content (AvgIpc) is 2.95. The predicted octanol–water partition coefficient (Wildman–Crippen LogP) is 5.70. The summed E-state index contributed by atoms with van der Waals surface area (Å²) in [5.74, 6) is -0.0450. The van der Waals surface area contributed by atoms with E-state index in [-0.39, 0.29) is 41.5 Å². The number of aliphatic hydroxyl groups excluding tert-OH is 1. The zero-order valence-corrected chi connectivity index (χ0v) is 23.7. The highest BCUT2D eigenvalue weighted by Gasteiger charge is 2.34. The van der Waals surface area contributed by atoms with Crippen LogP contribution in [0.4, 0.5) is 29.3 Å². The number of nitrogens with one attached hydrogen (secondary N) is 2. The van der Waals surface area contributed by atoms with Crippen LogP contribution in [-0.4, -0.2) is 65.7 Å². The van der Waals surface area contributed by atoms with E-state index >= 15 is 0 Å². The maximum absolute atomic E-state index is 13.7. The highest BCUT2D eigenvalue weighted by Crippen LogP contribution is 2.32. The summed E-state index contributed by atoms with van der Waals surface area (Å²) in [5, 5.41) is 15.0. The molecular formula is C31H35F3N4O4. The third-order valence-corrected chi connectivity index (χ3v) is 7.18. The molecule has 0 saturated carbocycles. The highest BCUT2D eigenvalue weighted by atomic mass is 19.4. The van der Waals surface area contributed by atoms with E-state index < -0.39 is 23.8 Å². The molecule has 3 atom stereocenters. The molecule has 42 heavy (non-hydrogen) atoms. The normalized spacial score (nSPS) is 18.0. The fourth-order valence-electron chi connectivity index (χ4n) is 4.82. The number of anilines is 2. The monoisotopic (exact) mass is 584 g/mol. The van der Waals surface area contributed by atoms with Crippen LogP contribution in [0.2, 0.25) is 0 Å². The van der Waals surface area contributed by atoms with Gasteiger partial charge in [0.05, 0.1) is 23.8 Å². The molecule has 1 aliphatic heterocycles. The van der Waals surface area contributed by atoms with Gasteiger partial charge in [-0.15, -0.1) is 0 Å². The van der Waals surface area contributed by atoms with Crippen LogP contribution in [0.3, 0.4) is 0 Å². The Morgan fingerprint density at radius 3 is 2.36 bits per heavy atom. The van der Waals surface area contributed by atoms with Gasteiger partial charge in [-0.1, -0.05) is 37.3 Å². The molecule has 0 radical (unpaired) electrons. The first kappa shape index (κ1) is 30.9. The Morgan fingerprint density at radius 2 is 1.71 bits per heavy atom. The van der Waals surface area contributed by atoms with E-state index in [1.807, 2.05) is 32.2 Å². The van der Waals surface area contributed by atoms with E-state index in [4.69, 9.17) is 4.74 Å². The number of rotatable bonds is 8. The molecule has 0 bridgehead atoms. The van der Waals surface area contributed by atoms with E-state index in [0.717, 1.165) is 29.8 Å². The van der Waals surface area contributed by atoms with Gasteiger partial charge in [-0.3, -0.25) is 9.69 Å². The summed E-state index contributed by atoms with van der Waals surface area (Å²) >= 11 is 0. The van der Waals surface area contributed by atoms with Gasteiger partial charge in [0.2, 0.25) is 0 Å². The molecule has 0 aliphatic carbocycles. The van der Waals surface area contributed by atoms with Crippen molar-refractivity contribution in [3.8, 4) is 5.75 Å². The summed E-state index contributed by atoms with van der Waals surface area (Å²) in [5.41, 5.74) is 1.03. The first-order valence-corrected chi connectivity index (χ1v) is 13.6. The second kappa shape index (κ2) is 13.3. The van der Waals surface area contributed by atoms with Crippen LogP contribution in [-0.2, 0) is 12.7 Å². The largest absolute Gasteiger partial charge is 0.488 e. The van der Waals surface area contributed by atoms with Gasteiger partial charge in [0, 0.05) is 36.9 Å². The molecule has 3 amide bonds. The lowest BCUT2D eigenvalue weighted by molar-refractivity contribution is -0.137. The van der Waals surface area contributed by atoms with Crippen molar-refractivity contribution in [3.05, 3.63) is 89.5 Å². The number of benzene rings is 3. The number of nitrogens with zero attached hydrogens (tertiary/aromatic N) is 2. The Bertz CT molecular complexity index is 1370. The van der Waals surface area contributed by atoms with Crippen molar-refractivity contribution in [2.75, 3.05) is 37.4 Å². The summed E-state index contributed by atoms with van der Waals surface area (Å²) < 4.78 is 44.9. The van der Waals surface area contributed by atoms with Crippen molar-refractivity contribution in [3.63, 3.8) is 0 Å². The molecule has 3 aromatic rings. The second-order valence-electron chi connectivity index (χ2n) is 10.7. The van der Waals surface area contributed by atoms with E-state index in [1.54, 1.807) is 24.0 Å². The van der Waals surface area contributed by atoms with Crippen LogP contribution in [0.1, 0.15) is 35.3 Å². The molecule has 1 heterocycles. The van der Waals surface area contributed by atoms with Crippen LogP contribution in [0.15, 0.2) is 72.8 Å². The van der Waals surface area contributed by atoms with Gasteiger partial charge in [0.15, 0.2) is 0 Å². The quantitative estimate of drug-likeness (QED) is 0.316. The molecule has 224 valence electrons. The van der Waals surface area contributed by atoms with Crippen molar-refractivity contribution in [1.82, 2.24) is 9.80 Å². The second-order valence-corrected chi connectivity index (χ2v) is 10.7. The minimum atomic E-state index is -4.48. The summed E-state index contributed by atoms with van der Waals surface area (Å²) in [6, 6.07) is 17.7. The fraction of sp³-hybridized carbons (Fsp3) is 0.355. The SMILES string of the molecule is C[C@@H]1CN([C@@H](C)CO)C(=O)c2cc(NC(=O)Nc3ccc(C(F)(F)F)cc3)ccc2O[C@@H]1CN(C)Cc1ccccc1. The Kier molecular flexibility index (Phi) is 9.74. The number of hydrogen-bond donors (Lipinski definition) is 3. The molecule has 0 unspecified atom stereocenters. The minimum absolute atomic E-state index is 0.0540. The van der Waals surface area contributed by atoms with Gasteiger partial charge < -0.3 is 25.4 Å². The number of halogens is 3. The molecule has 0 spiro atoms. The number of fused-ring (bicyclic) bond motifs is 1. The number of urea groups is 1. The number of likely N-dealkylation sites (N-methyl/N-ethyl adjacent to an activating group) is 1. The third kappa shape index (κ3) is 7.80. The van der Waals surface area contributed by atoms with Gasteiger partial charge in [-0.2, -0.15) is 13.2 Å². The number of alkyl halides is 3. The van der Waals surface area contributed by atoms with Crippen molar-refractivity contribution in [2.45, 2.75) is 38.7 Å². The lowest BCUT2D eigenvalue weighted by atomic mass is 9.99. The Hall–Kier alpha value is -4.09. The molecule has 11 heteroatoms. The van der Waals surface area contributed by atoms with Crippen LogP contribution in [0, 0.1) is 5.92 Å². The standard InChI is InChI=1S/C31H35F3N4O4/c1-20-16-38(21(2)19-39)29(40)26-15-25(36-30(41)35-24-11-9-23(10-12-24)31(32,33)34)13-14-27(26)42-28(20)18-37(3)17-22-7-5-4-6-8-22/h4-15,20-21,28,39H,16-19H2,1-3H3,(H2,35,36,41)/t20-,21+,28-/m1/s1. The number of hydrogen-bond acceptors (Lipinski definition) is 5. The summed E-state index contributed by atoms with van der Waals surface area (Å²) in [4.78, 5) is 30.0. The van der Waals surface area contributed by atoms with Crippen LogP contribution >= 0.6 is 0 Å². The van der Waals surface area contributed by atoms with Gasteiger partial charge in [0.1, 0.15) is 11.9 Å². The van der Waals surface area contributed by atoms with E-state index in [1.165, 1.54) is 6.07 Å². The van der Waals surface area contributed by atoms with Gasteiger partial charge in [-0.05, 0) is 62.0 Å². The van der Waals surface area contributed by atoms with Crippen molar-refractivity contribution in [1.29, 1.82) is 0 Å². The molecule has 8 nitrogen and oxygen atoms in total. The molecule has 0 saturated heterocycles. The Morgan fingerprint density at radius 1 is 1.07 bits per heavy atom. The lowest BCUT2D eigenvalue weighted by Crippen LogP contribution is -2.49. The number of carbonyl (C=O) groups is 2. The smallest absolute Gasteiger partial charge is 0.416 e. The fourth-order valence-corrected chi connectivity index (χ4v) is 4.82. The zero-order valence-electron chi connectivity index (χ0n) is 23.7. The van der Waals surface area contributed by atoms with Crippen LogP contribution < -0.4 is 15.4 Å². The Balaban J connectivity index is 1.53. The van der Waals surface area contributed by atoms with E-state index in [0.29, 0.717) is 25.4 Å². The first-order chi connectivity index (χ1) is 19.9. The molecular weight excluding hydrogens is 549 g/mol. The third-order valence-electron chi connectivity index (χ3n) is 7.18. The molecule has 4 rings (SSSR count). The number of amides is 3. The topological polar surface area (TPSA) is 94.1 Å². The average molecular weight is 585 g/mol. The van der Waals surface area contributed by atoms with Gasteiger partial charge in [-0.25, -0.2) is 4.79 Å². The van der Waals surface area contributed by atoms with E-state index in [9.17, 15) is 27.9 Å². The lowest BCUT2D eigenvalue weighted by Gasteiger charge is -2.38. The first-order valence-electron chi connectivity index (χ1n) is 13.6. The predicted molar refractivity (Wildman–Crippen MR) is 154 cm³/mol. The van der Waals surface area contributed by atoms with Gasteiger partial charge in [0.25, 0.3) is 5.91 Å². The van der Waals surface area contributed by atoms with Crippen LogP contribution in [0.25, 0.3) is 0 Å². The molecule has 1 aliphatic rings. The van der Waals surface area contributed by atoms with E-state index in [2.05, 4.69) is 27.7 Å². The molecule has 3 N–H and O–H groups in total. The summed E-state index contributed by atoms with van der Waals surface area (Å²) in [6.07, 6.45) is -4.76. The van der Waals surface area contributed by atoms with Crippen molar-refractivity contribution < 1.29 is 32.6 Å². The van der Waals surface area contributed by atoms with Crippen LogP contribution in [0.5, 0.6) is 5.75 Å². The molecule has 0 fully saturated rings. The summed E-state index contributed by atoms with van der Waals surface area (Å²) in [7, 11) is 2.00. The van der Waals surface area contributed by atoms with Gasteiger partial charge >= 0.3 is 12.2 Å². The van der Waals surface area contributed by atoms with Crippen molar-refractivity contribution >= 4 is 23.3 Å². The maximum Gasteiger partial charge on any atom is 0.416 e. The number of aliphatic hydroxyl groups is 1. The number of ether oxygens (including phenoxy) is 1. The number of carbonyl (C=O) groups excluding carboxylic acids is 2. The molecule has 3 aromatic carbocycles. The van der Waals surface area contributed by atoms with Crippen molar-refractivity contribution in [2.24, 2.45) is 5.92 Å². The highest BCUT2D eigenvalue weighted by molar-refractivity contribution is 6.02. The maximum atomic E-state index is 13.7. The Labute approximate surface area is 243 Å². The summed E-state index contributed by atoms with van der Waals surface area (Å²) in [6.45, 7) is 5.21. The minimum Gasteiger partial charge on any atom is -0.488 e. The molecule has 0 aromatic heterocycles. The zero-order chi connectivity index (χ0) is 30.4.